The molecule has 8 heteroatoms. The van der Waals surface area contributed by atoms with Gasteiger partial charge >= 0.3 is 0 Å². The van der Waals surface area contributed by atoms with Gasteiger partial charge in [-0.2, -0.15) is 5.10 Å². The highest BCUT2D eigenvalue weighted by Gasteiger charge is 2.28. The SMILES string of the molecule is Cc1noc(C)c1CCC(=O)N1CCC(n2nccc2NC(=O)C2CCCC2)CC1. The summed E-state index contributed by atoms with van der Waals surface area (Å²) in [6.07, 6.45) is 8.79. The Labute approximate surface area is 177 Å². The van der Waals surface area contributed by atoms with Crippen molar-refractivity contribution >= 4 is 17.6 Å². The molecule has 30 heavy (non-hydrogen) atoms. The molecule has 4 rings (SSSR count). The lowest BCUT2D eigenvalue weighted by Gasteiger charge is -2.33. The van der Waals surface area contributed by atoms with Gasteiger partial charge in [0.2, 0.25) is 11.8 Å². The number of carbonyl (C=O) groups excluding carboxylic acids is 2. The van der Waals surface area contributed by atoms with Crippen LogP contribution in [-0.4, -0.2) is 44.7 Å². The Kier molecular flexibility index (Phi) is 6.20. The highest BCUT2D eigenvalue weighted by molar-refractivity contribution is 5.91. The molecule has 1 N–H and O–H groups in total. The standard InChI is InChI=1S/C22H31N5O3/c1-15-19(16(2)30-25-15)7-8-21(28)26-13-10-18(11-14-26)27-20(9-12-23-27)24-22(29)17-5-3-4-6-17/h9,12,17-18H,3-8,10-11,13-14H2,1-2H3,(H,24,29). The number of piperidine rings is 1. The molecule has 162 valence electrons. The van der Waals surface area contributed by atoms with Crippen LogP contribution in [0, 0.1) is 19.8 Å². The van der Waals surface area contributed by atoms with Crippen LogP contribution < -0.4 is 5.32 Å². The molecular weight excluding hydrogens is 382 g/mol. The first-order valence-electron chi connectivity index (χ1n) is 11.1. The van der Waals surface area contributed by atoms with Crippen molar-refractivity contribution in [3.05, 3.63) is 29.3 Å². The van der Waals surface area contributed by atoms with Gasteiger partial charge in [-0.3, -0.25) is 9.59 Å². The van der Waals surface area contributed by atoms with Gasteiger partial charge in [0.1, 0.15) is 11.6 Å². The number of rotatable bonds is 6. The molecular formula is C22H31N5O3. The number of carbonyl (C=O) groups is 2. The van der Waals surface area contributed by atoms with E-state index < -0.39 is 0 Å². The minimum atomic E-state index is 0.112. The van der Waals surface area contributed by atoms with E-state index in [2.05, 4.69) is 15.6 Å². The number of hydrogen-bond acceptors (Lipinski definition) is 5. The number of nitrogens with one attached hydrogen (secondary N) is 1. The normalized spacial score (nSPS) is 18.1. The quantitative estimate of drug-likeness (QED) is 0.783. The zero-order chi connectivity index (χ0) is 21.1. The van der Waals surface area contributed by atoms with E-state index in [-0.39, 0.29) is 23.8 Å². The molecule has 0 spiro atoms. The number of hydrogen-bond donors (Lipinski definition) is 1. The lowest BCUT2D eigenvalue weighted by molar-refractivity contribution is -0.132. The van der Waals surface area contributed by atoms with Crippen LogP contribution in [0.1, 0.15) is 68.0 Å². The Morgan fingerprint density at radius 1 is 1.17 bits per heavy atom. The summed E-state index contributed by atoms with van der Waals surface area (Å²) in [5.74, 6) is 1.98. The van der Waals surface area contributed by atoms with Crippen LogP contribution >= 0.6 is 0 Å². The third kappa shape index (κ3) is 4.42. The second-order valence-corrected chi connectivity index (χ2v) is 8.55. The number of anilines is 1. The third-order valence-electron chi connectivity index (χ3n) is 6.58. The highest BCUT2D eigenvalue weighted by Crippen LogP contribution is 2.29. The Bertz CT molecular complexity index is 869. The summed E-state index contributed by atoms with van der Waals surface area (Å²) in [6.45, 7) is 5.22. The van der Waals surface area contributed by atoms with Crippen LogP contribution in [0.3, 0.4) is 0 Å². The van der Waals surface area contributed by atoms with E-state index in [1.54, 1.807) is 6.20 Å². The summed E-state index contributed by atoms with van der Waals surface area (Å²) in [5.41, 5.74) is 1.90. The van der Waals surface area contributed by atoms with Gasteiger partial charge in [-0.15, -0.1) is 0 Å². The second kappa shape index (κ2) is 9.02. The first-order valence-corrected chi connectivity index (χ1v) is 11.1. The third-order valence-corrected chi connectivity index (χ3v) is 6.58. The van der Waals surface area contributed by atoms with Gasteiger partial charge in [0, 0.05) is 37.1 Å². The van der Waals surface area contributed by atoms with E-state index in [0.717, 1.165) is 61.4 Å². The Morgan fingerprint density at radius 2 is 1.90 bits per heavy atom. The molecule has 2 aliphatic rings. The molecule has 0 atom stereocenters. The zero-order valence-electron chi connectivity index (χ0n) is 17.9. The number of aryl methyl sites for hydroxylation is 2. The molecule has 1 aliphatic carbocycles. The van der Waals surface area contributed by atoms with Crippen molar-refractivity contribution in [3.8, 4) is 0 Å². The van der Waals surface area contributed by atoms with Crippen LogP contribution in [0.15, 0.2) is 16.8 Å². The Hall–Kier alpha value is -2.64. The summed E-state index contributed by atoms with van der Waals surface area (Å²) in [7, 11) is 0. The molecule has 0 bridgehead atoms. The van der Waals surface area contributed by atoms with Crippen LogP contribution in [0.5, 0.6) is 0 Å². The van der Waals surface area contributed by atoms with Gasteiger partial charge in [-0.25, -0.2) is 4.68 Å². The highest BCUT2D eigenvalue weighted by atomic mass is 16.5. The van der Waals surface area contributed by atoms with Crippen molar-refractivity contribution in [1.82, 2.24) is 19.8 Å². The van der Waals surface area contributed by atoms with E-state index in [1.807, 2.05) is 29.5 Å². The van der Waals surface area contributed by atoms with Crippen molar-refractivity contribution in [2.75, 3.05) is 18.4 Å². The summed E-state index contributed by atoms with van der Waals surface area (Å²) in [6, 6.07) is 2.07. The fourth-order valence-corrected chi connectivity index (χ4v) is 4.73. The van der Waals surface area contributed by atoms with Gasteiger partial charge in [0.05, 0.1) is 17.9 Å². The lowest BCUT2D eigenvalue weighted by Crippen LogP contribution is -2.39. The van der Waals surface area contributed by atoms with Gasteiger partial charge in [0.25, 0.3) is 0 Å². The van der Waals surface area contributed by atoms with E-state index in [4.69, 9.17) is 4.52 Å². The molecule has 3 heterocycles. The number of likely N-dealkylation sites (tertiary alicyclic amines) is 1. The maximum atomic E-state index is 12.7. The molecule has 0 aromatic carbocycles. The molecule has 1 aliphatic heterocycles. The van der Waals surface area contributed by atoms with E-state index >= 15 is 0 Å². The van der Waals surface area contributed by atoms with E-state index in [1.165, 1.54) is 0 Å². The van der Waals surface area contributed by atoms with Crippen LogP contribution in [0.25, 0.3) is 0 Å². The molecule has 0 radical (unpaired) electrons. The van der Waals surface area contributed by atoms with Gasteiger partial charge < -0.3 is 14.7 Å². The minimum absolute atomic E-state index is 0.112. The topological polar surface area (TPSA) is 93.3 Å². The van der Waals surface area contributed by atoms with Crippen LogP contribution in [-0.2, 0) is 16.0 Å². The maximum absolute atomic E-state index is 12.7. The summed E-state index contributed by atoms with van der Waals surface area (Å²) in [5, 5.41) is 11.5. The van der Waals surface area contributed by atoms with Crippen LogP contribution in [0.2, 0.25) is 0 Å². The van der Waals surface area contributed by atoms with Crippen molar-refractivity contribution < 1.29 is 14.1 Å². The zero-order valence-corrected chi connectivity index (χ0v) is 17.9. The van der Waals surface area contributed by atoms with Gasteiger partial charge in [-0.05, 0) is 46.0 Å². The van der Waals surface area contributed by atoms with Crippen molar-refractivity contribution in [2.45, 2.75) is 71.3 Å². The minimum Gasteiger partial charge on any atom is -0.361 e. The van der Waals surface area contributed by atoms with E-state index in [0.29, 0.717) is 25.9 Å². The molecule has 2 aromatic heterocycles. The molecule has 0 unspecified atom stereocenters. The molecule has 8 nitrogen and oxygen atoms in total. The van der Waals surface area contributed by atoms with Crippen molar-refractivity contribution in [3.63, 3.8) is 0 Å². The van der Waals surface area contributed by atoms with E-state index in [9.17, 15) is 9.59 Å². The second-order valence-electron chi connectivity index (χ2n) is 8.55. The number of nitrogens with zero attached hydrogens (tertiary/aromatic N) is 4. The van der Waals surface area contributed by atoms with Crippen LogP contribution in [0.4, 0.5) is 5.82 Å². The largest absolute Gasteiger partial charge is 0.361 e. The predicted molar refractivity (Wildman–Crippen MR) is 112 cm³/mol. The average molecular weight is 414 g/mol. The molecule has 2 aromatic rings. The molecule has 1 saturated heterocycles. The maximum Gasteiger partial charge on any atom is 0.228 e. The number of amides is 2. The number of aromatic nitrogens is 3. The predicted octanol–water partition coefficient (Wildman–Crippen LogP) is 3.41. The van der Waals surface area contributed by atoms with Crippen molar-refractivity contribution in [2.24, 2.45) is 5.92 Å². The Balaban J connectivity index is 1.29. The summed E-state index contributed by atoms with van der Waals surface area (Å²) in [4.78, 5) is 27.1. The monoisotopic (exact) mass is 413 g/mol. The van der Waals surface area contributed by atoms with Gasteiger partial charge in [0.15, 0.2) is 0 Å². The Morgan fingerprint density at radius 3 is 2.57 bits per heavy atom. The molecule has 2 amide bonds. The molecule has 2 fully saturated rings. The first kappa shape index (κ1) is 20.6. The van der Waals surface area contributed by atoms with Gasteiger partial charge in [-0.1, -0.05) is 18.0 Å². The molecule has 1 saturated carbocycles. The van der Waals surface area contributed by atoms with Crippen molar-refractivity contribution in [1.29, 1.82) is 0 Å². The summed E-state index contributed by atoms with van der Waals surface area (Å²) < 4.78 is 7.11. The average Bonchev–Trinajstić information content (AvgIpc) is 3.49. The first-order chi connectivity index (χ1) is 14.5. The lowest BCUT2D eigenvalue weighted by atomic mass is 10.0. The fourth-order valence-electron chi connectivity index (χ4n) is 4.73. The smallest absolute Gasteiger partial charge is 0.228 e. The fraction of sp³-hybridized carbons (Fsp3) is 0.636. The summed E-state index contributed by atoms with van der Waals surface area (Å²) >= 11 is 0.